The van der Waals surface area contributed by atoms with Crippen LogP contribution in [0.15, 0.2) is 41.1 Å². The maximum absolute atomic E-state index is 12.4. The van der Waals surface area contributed by atoms with Crippen LogP contribution in [0.3, 0.4) is 0 Å². The number of hydrogen-bond acceptors (Lipinski definition) is 4. The van der Waals surface area contributed by atoms with E-state index in [0.29, 0.717) is 12.8 Å². The summed E-state index contributed by atoms with van der Waals surface area (Å²) in [6, 6.07) is 10.5. The van der Waals surface area contributed by atoms with Crippen molar-refractivity contribution < 1.29 is 19.1 Å². The lowest BCUT2D eigenvalue weighted by atomic mass is 9.85. The van der Waals surface area contributed by atoms with Gasteiger partial charge in [0, 0.05) is 0 Å². The third-order valence-corrected chi connectivity index (χ3v) is 9.78. The molecular formula is C20H28O4Si. The van der Waals surface area contributed by atoms with Gasteiger partial charge in [0.2, 0.25) is 0 Å². The summed E-state index contributed by atoms with van der Waals surface area (Å²) in [5.41, 5.74) is -0.00274. The Bertz CT molecular complexity index is 675. The van der Waals surface area contributed by atoms with E-state index < -0.39 is 25.4 Å². The normalized spacial score (nSPS) is 21.6. The number of allylic oxidation sites excluding steroid dienone is 2. The first-order valence-corrected chi connectivity index (χ1v) is 11.6. The van der Waals surface area contributed by atoms with E-state index in [2.05, 4.69) is 51.2 Å². The van der Waals surface area contributed by atoms with Gasteiger partial charge in [0.25, 0.3) is 0 Å². The molecule has 1 unspecified atom stereocenters. The predicted molar refractivity (Wildman–Crippen MR) is 101 cm³/mol. The molecule has 1 aromatic rings. The van der Waals surface area contributed by atoms with Crippen LogP contribution in [0.2, 0.25) is 13.1 Å². The zero-order chi connectivity index (χ0) is 18.8. The van der Waals surface area contributed by atoms with Crippen LogP contribution in [-0.2, 0) is 19.1 Å². The molecular weight excluding hydrogens is 332 g/mol. The lowest BCUT2D eigenvalue weighted by Crippen LogP contribution is -2.44. The minimum atomic E-state index is -1.87. The summed E-state index contributed by atoms with van der Waals surface area (Å²) in [7, 11) is 0.790. The van der Waals surface area contributed by atoms with Gasteiger partial charge < -0.3 is 9.47 Å². The van der Waals surface area contributed by atoms with Crippen LogP contribution in [-0.4, -0.2) is 34.2 Å². The highest BCUT2D eigenvalue weighted by molar-refractivity contribution is 6.95. The molecule has 0 heterocycles. The molecule has 1 aliphatic carbocycles. The first kappa shape index (κ1) is 19.4. The van der Waals surface area contributed by atoms with Crippen LogP contribution < -0.4 is 5.19 Å². The molecule has 25 heavy (non-hydrogen) atoms. The molecule has 136 valence electrons. The minimum Gasteiger partial charge on any atom is -0.468 e. The molecule has 0 radical (unpaired) electrons. The number of methoxy groups -OCH3 is 2. The van der Waals surface area contributed by atoms with Crippen molar-refractivity contribution in [2.75, 3.05) is 14.2 Å². The van der Waals surface area contributed by atoms with Gasteiger partial charge in [0.1, 0.15) is 8.07 Å². The van der Waals surface area contributed by atoms with Crippen molar-refractivity contribution in [1.29, 1.82) is 0 Å². The summed E-state index contributed by atoms with van der Waals surface area (Å²) in [5, 5.41) is 2.68. The summed E-state index contributed by atoms with van der Waals surface area (Å²) in [6.07, 6.45) is 0.834. The average Bonchev–Trinajstić information content (AvgIpc) is 2.98. The fourth-order valence-electron chi connectivity index (χ4n) is 3.98. The van der Waals surface area contributed by atoms with Crippen molar-refractivity contribution >= 4 is 25.2 Å². The number of carbonyl (C=O) groups excluding carboxylic acids is 2. The second-order valence-corrected chi connectivity index (χ2v) is 12.1. The van der Waals surface area contributed by atoms with Crippen molar-refractivity contribution in [3.63, 3.8) is 0 Å². The highest BCUT2D eigenvalue weighted by Gasteiger charge is 2.55. The van der Waals surface area contributed by atoms with E-state index in [9.17, 15) is 9.59 Å². The van der Waals surface area contributed by atoms with E-state index in [1.165, 1.54) is 30.2 Å². The summed E-state index contributed by atoms with van der Waals surface area (Å²) in [4.78, 5) is 24.9. The number of carbonyl (C=O) groups is 2. The fraction of sp³-hybridized carbons (Fsp3) is 0.500. The fourth-order valence-corrected chi connectivity index (χ4v) is 6.57. The van der Waals surface area contributed by atoms with Crippen LogP contribution >= 0.6 is 0 Å². The highest BCUT2D eigenvalue weighted by Crippen LogP contribution is 2.49. The molecule has 1 saturated carbocycles. The molecule has 0 saturated heterocycles. The molecule has 4 nitrogen and oxygen atoms in total. The average molecular weight is 361 g/mol. The number of hydrogen-bond donors (Lipinski definition) is 0. The van der Waals surface area contributed by atoms with Gasteiger partial charge in [-0.25, -0.2) is 0 Å². The molecule has 2 rings (SSSR count). The third-order valence-electron chi connectivity index (χ3n) is 5.81. The van der Waals surface area contributed by atoms with Crippen molar-refractivity contribution in [3.8, 4) is 0 Å². The quantitative estimate of drug-likeness (QED) is 0.470. The molecule has 0 spiro atoms. The molecule has 0 aliphatic heterocycles. The second-order valence-electron chi connectivity index (χ2n) is 7.49. The standard InChI is InChI=1S/C20H28O4Si/c1-14-12-20(18(21)23-3,19(22)24-4)13-17(14)15(2)25(5,6)16-10-8-7-9-11-16/h7-11,14H,12-13H2,1-6H3/b17-15+. The molecule has 1 fully saturated rings. The van der Waals surface area contributed by atoms with Gasteiger partial charge >= 0.3 is 11.9 Å². The Morgan fingerprint density at radius 3 is 2.08 bits per heavy atom. The van der Waals surface area contributed by atoms with E-state index >= 15 is 0 Å². The molecule has 0 N–H and O–H groups in total. The van der Waals surface area contributed by atoms with E-state index in [0.717, 1.165) is 0 Å². The highest BCUT2D eigenvalue weighted by atomic mass is 28.3. The molecule has 1 aliphatic rings. The monoisotopic (exact) mass is 360 g/mol. The zero-order valence-corrected chi connectivity index (χ0v) is 17.0. The second kappa shape index (κ2) is 7.16. The Balaban J connectivity index is 2.50. The summed E-state index contributed by atoms with van der Waals surface area (Å²) in [5.74, 6) is -0.838. The van der Waals surface area contributed by atoms with Crippen molar-refractivity contribution in [2.24, 2.45) is 11.3 Å². The topological polar surface area (TPSA) is 52.6 Å². The van der Waals surface area contributed by atoms with Crippen molar-refractivity contribution in [1.82, 2.24) is 0 Å². The molecule has 1 atom stereocenters. The summed E-state index contributed by atoms with van der Waals surface area (Å²) < 4.78 is 9.91. The molecule has 1 aromatic carbocycles. The Morgan fingerprint density at radius 2 is 1.60 bits per heavy atom. The SMILES string of the molecule is COC(=O)C1(C(=O)OC)C/C(=C(/C)[Si](C)(C)c2ccccc2)C(C)C1. The van der Waals surface area contributed by atoms with Crippen molar-refractivity contribution in [3.05, 3.63) is 41.1 Å². The van der Waals surface area contributed by atoms with Gasteiger partial charge in [-0.05, 0) is 25.7 Å². The lowest BCUT2D eigenvalue weighted by molar-refractivity contribution is -0.168. The third kappa shape index (κ3) is 3.30. The number of rotatable bonds is 4. The Kier molecular flexibility index (Phi) is 5.57. The number of ether oxygens (including phenoxy) is 2. The number of esters is 2. The summed E-state index contributed by atoms with van der Waals surface area (Å²) >= 11 is 0. The molecule has 0 aromatic heterocycles. The first-order chi connectivity index (χ1) is 11.7. The molecule has 0 amide bonds. The minimum absolute atomic E-state index is 0.147. The largest absolute Gasteiger partial charge is 0.468 e. The van der Waals surface area contributed by atoms with E-state index in [4.69, 9.17) is 9.47 Å². The molecule has 0 bridgehead atoms. The Hall–Kier alpha value is -1.88. The lowest BCUT2D eigenvalue weighted by Gasteiger charge is -2.28. The van der Waals surface area contributed by atoms with E-state index in [1.807, 2.05) is 6.07 Å². The maximum Gasteiger partial charge on any atom is 0.323 e. The van der Waals surface area contributed by atoms with Crippen LogP contribution in [0.5, 0.6) is 0 Å². The Labute approximate surface area is 151 Å². The molecule has 5 heteroatoms. The summed E-state index contributed by atoms with van der Waals surface area (Å²) in [6.45, 7) is 8.87. The van der Waals surface area contributed by atoms with E-state index in [1.54, 1.807) is 0 Å². The van der Waals surface area contributed by atoms with Crippen LogP contribution in [0, 0.1) is 11.3 Å². The van der Waals surface area contributed by atoms with Gasteiger partial charge in [0.15, 0.2) is 5.41 Å². The maximum atomic E-state index is 12.4. The first-order valence-electron chi connectivity index (χ1n) is 8.63. The Morgan fingerprint density at radius 1 is 1.08 bits per heavy atom. The van der Waals surface area contributed by atoms with Gasteiger partial charge in [-0.2, -0.15) is 0 Å². The van der Waals surface area contributed by atoms with Crippen LogP contribution in [0.4, 0.5) is 0 Å². The van der Waals surface area contributed by atoms with Gasteiger partial charge in [-0.3, -0.25) is 9.59 Å². The van der Waals surface area contributed by atoms with Gasteiger partial charge in [-0.1, -0.05) is 66.3 Å². The van der Waals surface area contributed by atoms with E-state index in [-0.39, 0.29) is 5.92 Å². The predicted octanol–water partition coefficient (Wildman–Crippen LogP) is 3.22. The zero-order valence-electron chi connectivity index (χ0n) is 16.0. The van der Waals surface area contributed by atoms with Gasteiger partial charge in [-0.15, -0.1) is 0 Å². The van der Waals surface area contributed by atoms with Crippen LogP contribution in [0.25, 0.3) is 0 Å². The number of benzene rings is 1. The van der Waals surface area contributed by atoms with Gasteiger partial charge in [0.05, 0.1) is 14.2 Å². The van der Waals surface area contributed by atoms with Crippen LogP contribution in [0.1, 0.15) is 26.7 Å². The smallest absolute Gasteiger partial charge is 0.323 e. The van der Waals surface area contributed by atoms with Crippen molar-refractivity contribution in [2.45, 2.75) is 39.8 Å².